The molecule has 1 aromatic carbocycles. The standard InChI is InChI=1S/C10H6Cl2F3N5O/c11-5-1-4(2-6(12)3-5)7-16-8(18-9(21)17-7)19-20-10(13,14)15/h1-3,20H,(H2,16,17,18,19,21). The Morgan fingerprint density at radius 2 is 1.71 bits per heavy atom. The molecule has 0 fully saturated rings. The van der Waals surface area contributed by atoms with E-state index >= 15 is 0 Å². The fraction of sp³-hybridized carbons (Fsp3) is 0.100. The maximum Gasteiger partial charge on any atom is 0.474 e. The number of H-pyrrole nitrogens is 1. The average Bonchev–Trinajstić information content (AvgIpc) is 2.34. The van der Waals surface area contributed by atoms with E-state index in [9.17, 15) is 18.0 Å². The smallest absolute Gasteiger partial charge is 0.290 e. The highest BCUT2D eigenvalue weighted by atomic mass is 35.5. The van der Waals surface area contributed by atoms with Gasteiger partial charge in [0.2, 0.25) is 5.95 Å². The summed E-state index contributed by atoms with van der Waals surface area (Å²) in [5, 5.41) is 0.555. The molecule has 0 spiro atoms. The van der Waals surface area contributed by atoms with Gasteiger partial charge in [0, 0.05) is 15.6 Å². The Morgan fingerprint density at radius 3 is 2.29 bits per heavy atom. The van der Waals surface area contributed by atoms with Crippen molar-refractivity contribution >= 4 is 29.2 Å². The van der Waals surface area contributed by atoms with Gasteiger partial charge in [-0.05, 0) is 18.2 Å². The van der Waals surface area contributed by atoms with E-state index in [0.717, 1.165) is 5.43 Å². The van der Waals surface area contributed by atoms with Gasteiger partial charge in [-0.1, -0.05) is 23.2 Å². The second-order valence-corrected chi connectivity index (χ2v) is 4.60. The highest BCUT2D eigenvalue weighted by molar-refractivity contribution is 6.35. The van der Waals surface area contributed by atoms with Crippen molar-refractivity contribution < 1.29 is 13.2 Å². The quantitative estimate of drug-likeness (QED) is 0.591. The van der Waals surface area contributed by atoms with E-state index in [2.05, 4.69) is 15.0 Å². The molecule has 0 aliphatic carbocycles. The molecular formula is C10H6Cl2F3N5O. The number of hydrogen-bond donors (Lipinski definition) is 3. The van der Waals surface area contributed by atoms with E-state index in [1.165, 1.54) is 18.2 Å². The molecule has 2 rings (SSSR count). The fourth-order valence-electron chi connectivity index (χ4n) is 1.39. The molecule has 2 aromatic rings. The highest BCUT2D eigenvalue weighted by Crippen LogP contribution is 2.24. The van der Waals surface area contributed by atoms with Crippen molar-refractivity contribution in [3.8, 4) is 11.4 Å². The van der Waals surface area contributed by atoms with Crippen molar-refractivity contribution in [2.75, 3.05) is 5.43 Å². The third-order valence-corrected chi connectivity index (χ3v) is 2.54. The summed E-state index contributed by atoms with van der Waals surface area (Å²) < 4.78 is 36.1. The summed E-state index contributed by atoms with van der Waals surface area (Å²) in [5.41, 5.74) is 2.10. The van der Waals surface area contributed by atoms with Crippen LogP contribution in [0.4, 0.5) is 19.1 Å². The van der Waals surface area contributed by atoms with Crippen LogP contribution in [0.2, 0.25) is 10.0 Å². The summed E-state index contributed by atoms with van der Waals surface area (Å²) in [6.45, 7) is 0. The van der Waals surface area contributed by atoms with Gasteiger partial charge < -0.3 is 0 Å². The molecule has 11 heteroatoms. The van der Waals surface area contributed by atoms with Crippen molar-refractivity contribution in [1.29, 1.82) is 0 Å². The summed E-state index contributed by atoms with van der Waals surface area (Å²) in [5.74, 6) is -0.590. The minimum atomic E-state index is -4.70. The van der Waals surface area contributed by atoms with E-state index in [1.54, 1.807) is 5.43 Å². The lowest BCUT2D eigenvalue weighted by atomic mass is 10.2. The van der Waals surface area contributed by atoms with Crippen LogP contribution in [0.25, 0.3) is 11.4 Å². The minimum absolute atomic E-state index is 0.0362. The molecule has 112 valence electrons. The number of rotatable bonds is 3. The third-order valence-electron chi connectivity index (χ3n) is 2.10. The van der Waals surface area contributed by atoms with Crippen LogP contribution >= 0.6 is 23.2 Å². The monoisotopic (exact) mass is 339 g/mol. The van der Waals surface area contributed by atoms with Crippen LogP contribution in [0.15, 0.2) is 23.0 Å². The number of anilines is 1. The Labute approximate surface area is 125 Å². The van der Waals surface area contributed by atoms with E-state index in [-0.39, 0.29) is 15.9 Å². The minimum Gasteiger partial charge on any atom is -0.290 e. The van der Waals surface area contributed by atoms with Crippen molar-refractivity contribution in [2.45, 2.75) is 6.30 Å². The third kappa shape index (κ3) is 4.59. The Bertz CT molecular complexity index is 698. The molecule has 0 saturated heterocycles. The van der Waals surface area contributed by atoms with Gasteiger partial charge in [-0.2, -0.15) is 23.1 Å². The molecule has 0 amide bonds. The fourth-order valence-corrected chi connectivity index (χ4v) is 1.92. The maximum absolute atomic E-state index is 12.0. The molecule has 0 atom stereocenters. The lowest BCUT2D eigenvalue weighted by molar-refractivity contribution is -0.151. The zero-order valence-corrected chi connectivity index (χ0v) is 11.4. The van der Waals surface area contributed by atoms with Crippen LogP contribution in [-0.2, 0) is 0 Å². The van der Waals surface area contributed by atoms with Crippen LogP contribution in [0.1, 0.15) is 0 Å². The molecular weight excluding hydrogens is 334 g/mol. The highest BCUT2D eigenvalue weighted by Gasteiger charge is 2.27. The number of alkyl halides is 3. The molecule has 3 N–H and O–H groups in total. The van der Waals surface area contributed by atoms with E-state index < -0.39 is 17.9 Å². The van der Waals surface area contributed by atoms with E-state index in [1.807, 2.05) is 0 Å². The van der Waals surface area contributed by atoms with Gasteiger partial charge in [-0.15, -0.1) is 5.43 Å². The second-order valence-electron chi connectivity index (χ2n) is 3.73. The number of nitrogens with zero attached hydrogens (tertiary/aromatic N) is 2. The van der Waals surface area contributed by atoms with E-state index in [4.69, 9.17) is 23.2 Å². The lowest BCUT2D eigenvalue weighted by Gasteiger charge is -2.10. The normalized spacial score (nSPS) is 11.5. The van der Waals surface area contributed by atoms with Gasteiger partial charge in [-0.3, -0.25) is 10.4 Å². The van der Waals surface area contributed by atoms with Crippen LogP contribution in [-0.4, -0.2) is 21.3 Å². The summed E-state index contributed by atoms with van der Waals surface area (Å²) >= 11 is 11.6. The van der Waals surface area contributed by atoms with Gasteiger partial charge in [0.05, 0.1) is 0 Å². The molecule has 0 aliphatic heterocycles. The van der Waals surface area contributed by atoms with Gasteiger partial charge in [-0.25, -0.2) is 4.79 Å². The van der Waals surface area contributed by atoms with Crippen LogP contribution in [0.5, 0.6) is 0 Å². The first-order valence-electron chi connectivity index (χ1n) is 5.28. The second kappa shape index (κ2) is 5.88. The topological polar surface area (TPSA) is 82.7 Å². The summed E-state index contributed by atoms with van der Waals surface area (Å²) in [7, 11) is 0. The maximum atomic E-state index is 12.0. The van der Waals surface area contributed by atoms with Crippen LogP contribution in [0.3, 0.4) is 0 Å². The first kappa shape index (κ1) is 15.5. The number of aromatic amines is 1. The Balaban J connectivity index is 2.36. The molecule has 21 heavy (non-hydrogen) atoms. The number of halogens is 5. The number of hydrogen-bond acceptors (Lipinski definition) is 5. The van der Waals surface area contributed by atoms with Crippen molar-refractivity contribution in [3.63, 3.8) is 0 Å². The molecule has 1 aromatic heterocycles. The molecule has 0 radical (unpaired) electrons. The predicted octanol–water partition coefficient (Wildman–Crippen LogP) is 2.58. The van der Waals surface area contributed by atoms with Crippen molar-refractivity contribution in [2.24, 2.45) is 0 Å². The first-order valence-corrected chi connectivity index (χ1v) is 6.03. The Kier molecular flexibility index (Phi) is 4.35. The summed E-state index contributed by atoms with van der Waals surface area (Å²) in [4.78, 5) is 20.6. The molecule has 1 heterocycles. The number of hydrazine groups is 1. The van der Waals surface area contributed by atoms with Crippen molar-refractivity contribution in [3.05, 3.63) is 38.7 Å². The van der Waals surface area contributed by atoms with Gasteiger partial charge in [0.1, 0.15) is 5.82 Å². The molecule has 0 aliphatic rings. The number of aromatic nitrogens is 3. The number of nitrogens with one attached hydrogen (secondary N) is 3. The SMILES string of the molecule is O=c1nc(NNC(F)(F)F)nc(-c2cc(Cl)cc(Cl)c2)[nH]1. The average molecular weight is 340 g/mol. The molecule has 0 saturated carbocycles. The van der Waals surface area contributed by atoms with Crippen LogP contribution in [0, 0.1) is 0 Å². The lowest BCUT2D eigenvalue weighted by Crippen LogP contribution is -2.37. The Hall–Kier alpha value is -1.84. The Morgan fingerprint density at radius 1 is 1.10 bits per heavy atom. The van der Waals surface area contributed by atoms with Gasteiger partial charge in [0.15, 0.2) is 0 Å². The predicted molar refractivity (Wildman–Crippen MR) is 70.9 cm³/mol. The summed E-state index contributed by atoms with van der Waals surface area (Å²) in [6.07, 6.45) is -4.70. The summed E-state index contributed by atoms with van der Waals surface area (Å²) in [6, 6.07) is 4.33. The zero-order valence-electron chi connectivity index (χ0n) is 9.92. The molecule has 0 unspecified atom stereocenters. The van der Waals surface area contributed by atoms with Crippen molar-refractivity contribution in [1.82, 2.24) is 20.4 Å². The van der Waals surface area contributed by atoms with Gasteiger partial charge in [0.25, 0.3) is 0 Å². The largest absolute Gasteiger partial charge is 0.474 e. The number of benzene rings is 1. The van der Waals surface area contributed by atoms with Crippen LogP contribution < -0.4 is 16.5 Å². The zero-order chi connectivity index (χ0) is 15.6. The van der Waals surface area contributed by atoms with Gasteiger partial charge >= 0.3 is 12.0 Å². The molecule has 0 bridgehead atoms. The molecule has 6 nitrogen and oxygen atoms in total. The first-order chi connectivity index (χ1) is 9.73. The van der Waals surface area contributed by atoms with E-state index in [0.29, 0.717) is 5.56 Å².